The summed E-state index contributed by atoms with van der Waals surface area (Å²) in [5.74, 6) is 1.93. The highest BCUT2D eigenvalue weighted by Crippen LogP contribution is 2.37. The van der Waals surface area contributed by atoms with Gasteiger partial charge in [0.05, 0.1) is 5.56 Å². The van der Waals surface area contributed by atoms with Crippen LogP contribution in [0.5, 0.6) is 0 Å². The molecule has 0 fully saturated rings. The Morgan fingerprint density at radius 3 is 2.90 bits per heavy atom. The summed E-state index contributed by atoms with van der Waals surface area (Å²) in [6.45, 7) is 0. The molecule has 1 aromatic carbocycles. The lowest BCUT2D eigenvalue weighted by atomic mass is 10.0. The van der Waals surface area contributed by atoms with Gasteiger partial charge in [-0.1, -0.05) is 29.4 Å². The van der Waals surface area contributed by atoms with Crippen molar-refractivity contribution in [1.29, 1.82) is 0 Å². The van der Waals surface area contributed by atoms with Crippen molar-refractivity contribution in [3.63, 3.8) is 0 Å². The molecule has 4 rings (SSSR count). The molecular formula is C16H14N4O. The van der Waals surface area contributed by atoms with E-state index < -0.39 is 0 Å². The van der Waals surface area contributed by atoms with Gasteiger partial charge in [0.25, 0.3) is 5.89 Å². The summed E-state index contributed by atoms with van der Waals surface area (Å²) in [4.78, 5) is 8.58. The molecule has 104 valence electrons. The number of pyridine rings is 1. The van der Waals surface area contributed by atoms with Crippen molar-refractivity contribution in [2.75, 3.05) is 5.73 Å². The smallest absolute Gasteiger partial charge is 0.259 e. The average Bonchev–Trinajstić information content (AvgIpc) is 3.14. The number of hydrogen-bond acceptors (Lipinski definition) is 5. The van der Waals surface area contributed by atoms with Crippen LogP contribution in [-0.2, 0) is 6.42 Å². The first-order chi connectivity index (χ1) is 10.3. The fraction of sp³-hybridized carbons (Fsp3) is 0.188. The summed E-state index contributed by atoms with van der Waals surface area (Å²) in [7, 11) is 0. The predicted octanol–water partition coefficient (Wildman–Crippen LogP) is 2.79. The number of anilines is 1. The third kappa shape index (κ3) is 2.07. The Hall–Kier alpha value is -2.69. The van der Waals surface area contributed by atoms with Crippen molar-refractivity contribution >= 4 is 5.82 Å². The van der Waals surface area contributed by atoms with Gasteiger partial charge in [0.15, 0.2) is 5.82 Å². The number of rotatable bonds is 2. The van der Waals surface area contributed by atoms with Crippen molar-refractivity contribution in [2.24, 2.45) is 0 Å². The molecule has 5 heteroatoms. The van der Waals surface area contributed by atoms with Crippen LogP contribution in [0.15, 0.2) is 47.1 Å². The first-order valence-corrected chi connectivity index (χ1v) is 6.94. The third-order valence-corrected chi connectivity index (χ3v) is 3.92. The summed E-state index contributed by atoms with van der Waals surface area (Å²) in [5, 5.41) is 4.15. The molecular weight excluding hydrogens is 264 g/mol. The number of aryl methyl sites for hydroxylation is 1. The lowest BCUT2D eigenvalue weighted by Gasteiger charge is -2.05. The monoisotopic (exact) mass is 278 g/mol. The van der Waals surface area contributed by atoms with Crippen molar-refractivity contribution in [3.8, 4) is 11.5 Å². The second kappa shape index (κ2) is 4.70. The van der Waals surface area contributed by atoms with E-state index in [4.69, 9.17) is 10.3 Å². The minimum atomic E-state index is 0.223. The maximum absolute atomic E-state index is 5.58. The van der Waals surface area contributed by atoms with Crippen molar-refractivity contribution < 1.29 is 4.52 Å². The van der Waals surface area contributed by atoms with E-state index in [1.165, 1.54) is 11.1 Å². The van der Waals surface area contributed by atoms with Crippen LogP contribution in [0.2, 0.25) is 0 Å². The van der Waals surface area contributed by atoms with Gasteiger partial charge in [0.2, 0.25) is 0 Å². The van der Waals surface area contributed by atoms with Crippen LogP contribution in [0, 0.1) is 0 Å². The number of nitrogens with zero attached hydrogens (tertiary/aromatic N) is 3. The minimum absolute atomic E-state index is 0.223. The van der Waals surface area contributed by atoms with Gasteiger partial charge in [-0.3, -0.25) is 0 Å². The number of fused-ring (bicyclic) bond motifs is 1. The third-order valence-electron chi connectivity index (χ3n) is 3.92. The zero-order valence-corrected chi connectivity index (χ0v) is 11.4. The first-order valence-electron chi connectivity index (χ1n) is 6.94. The molecule has 5 nitrogen and oxygen atoms in total. The molecule has 0 amide bonds. The molecule has 0 aliphatic heterocycles. The maximum Gasteiger partial charge on any atom is 0.259 e. The van der Waals surface area contributed by atoms with E-state index in [9.17, 15) is 0 Å². The topological polar surface area (TPSA) is 77.8 Å². The van der Waals surface area contributed by atoms with E-state index in [-0.39, 0.29) is 5.92 Å². The standard InChI is InChI=1S/C16H14N4O/c17-14-8-6-11(9-18-14)16-19-15(20-21-16)13-7-5-10-3-1-2-4-12(10)13/h1-4,6,8-9,13H,5,7H2,(H2,17,18). The van der Waals surface area contributed by atoms with Crippen LogP contribution in [0.4, 0.5) is 5.82 Å². The van der Waals surface area contributed by atoms with Crippen LogP contribution in [0.3, 0.4) is 0 Å². The van der Waals surface area contributed by atoms with Crippen LogP contribution in [0.25, 0.3) is 11.5 Å². The second-order valence-corrected chi connectivity index (χ2v) is 5.22. The molecule has 0 radical (unpaired) electrons. The fourth-order valence-corrected chi connectivity index (χ4v) is 2.85. The van der Waals surface area contributed by atoms with E-state index >= 15 is 0 Å². The molecule has 0 saturated carbocycles. The van der Waals surface area contributed by atoms with E-state index in [1.54, 1.807) is 12.3 Å². The molecule has 0 bridgehead atoms. The van der Waals surface area contributed by atoms with Gasteiger partial charge in [-0.25, -0.2) is 4.98 Å². The van der Waals surface area contributed by atoms with Crippen molar-refractivity contribution in [1.82, 2.24) is 15.1 Å². The number of nitrogen functional groups attached to an aromatic ring is 1. The van der Waals surface area contributed by atoms with Gasteiger partial charge < -0.3 is 10.3 Å². The number of aromatic nitrogens is 3. The lowest BCUT2D eigenvalue weighted by molar-refractivity contribution is 0.419. The van der Waals surface area contributed by atoms with Crippen molar-refractivity contribution in [3.05, 3.63) is 59.5 Å². The first kappa shape index (κ1) is 12.1. The molecule has 2 heterocycles. The van der Waals surface area contributed by atoms with Crippen molar-refractivity contribution in [2.45, 2.75) is 18.8 Å². The quantitative estimate of drug-likeness (QED) is 0.779. The molecule has 3 aromatic rings. The highest BCUT2D eigenvalue weighted by atomic mass is 16.5. The van der Waals surface area contributed by atoms with Gasteiger partial charge >= 0.3 is 0 Å². The average molecular weight is 278 g/mol. The second-order valence-electron chi connectivity index (χ2n) is 5.22. The molecule has 2 N–H and O–H groups in total. The summed E-state index contributed by atoms with van der Waals surface area (Å²) in [5.41, 5.74) is 9.05. The normalized spacial score (nSPS) is 16.9. The zero-order chi connectivity index (χ0) is 14.2. The molecule has 0 spiro atoms. The van der Waals surface area contributed by atoms with Gasteiger partial charge in [-0.05, 0) is 36.1 Å². The maximum atomic E-state index is 5.58. The molecule has 1 aliphatic carbocycles. The molecule has 2 aromatic heterocycles. The SMILES string of the molecule is Nc1ccc(-c2nc(C3CCc4ccccc43)no2)cn1. The molecule has 0 saturated heterocycles. The van der Waals surface area contributed by atoms with Gasteiger partial charge in [-0.2, -0.15) is 4.98 Å². The molecule has 1 aliphatic rings. The summed E-state index contributed by atoms with van der Waals surface area (Å²) in [6.07, 6.45) is 3.74. The van der Waals surface area contributed by atoms with E-state index in [0.29, 0.717) is 11.7 Å². The van der Waals surface area contributed by atoms with Gasteiger partial charge in [-0.15, -0.1) is 0 Å². The Bertz CT molecular complexity index is 779. The van der Waals surface area contributed by atoms with Crippen LogP contribution in [-0.4, -0.2) is 15.1 Å². The van der Waals surface area contributed by atoms with E-state index in [2.05, 4.69) is 39.4 Å². The Balaban J connectivity index is 1.68. The summed E-state index contributed by atoms with van der Waals surface area (Å²) in [6, 6.07) is 12.0. The van der Waals surface area contributed by atoms with Crippen LogP contribution >= 0.6 is 0 Å². The Labute approximate surface area is 121 Å². The minimum Gasteiger partial charge on any atom is -0.384 e. The number of benzene rings is 1. The fourth-order valence-electron chi connectivity index (χ4n) is 2.85. The zero-order valence-electron chi connectivity index (χ0n) is 11.4. The van der Waals surface area contributed by atoms with Crippen LogP contribution < -0.4 is 5.73 Å². The summed E-state index contributed by atoms with van der Waals surface area (Å²) < 4.78 is 5.38. The molecule has 1 atom stereocenters. The Morgan fingerprint density at radius 1 is 1.14 bits per heavy atom. The largest absolute Gasteiger partial charge is 0.384 e. The number of hydrogen-bond donors (Lipinski definition) is 1. The van der Waals surface area contributed by atoms with Gasteiger partial charge in [0.1, 0.15) is 5.82 Å². The predicted molar refractivity (Wildman–Crippen MR) is 78.5 cm³/mol. The lowest BCUT2D eigenvalue weighted by Crippen LogP contribution is -1.98. The Kier molecular flexibility index (Phi) is 2.70. The Morgan fingerprint density at radius 2 is 2.05 bits per heavy atom. The highest BCUT2D eigenvalue weighted by Gasteiger charge is 2.27. The van der Waals surface area contributed by atoms with E-state index in [0.717, 1.165) is 24.2 Å². The molecule has 21 heavy (non-hydrogen) atoms. The molecule has 1 unspecified atom stereocenters. The summed E-state index contributed by atoms with van der Waals surface area (Å²) >= 11 is 0. The number of nitrogens with two attached hydrogens (primary N) is 1. The van der Waals surface area contributed by atoms with Crippen LogP contribution in [0.1, 0.15) is 29.3 Å². The highest BCUT2D eigenvalue weighted by molar-refractivity contribution is 5.53. The van der Waals surface area contributed by atoms with Gasteiger partial charge in [0, 0.05) is 12.1 Å². The van der Waals surface area contributed by atoms with E-state index in [1.807, 2.05) is 6.07 Å².